The Bertz CT molecular complexity index is 959. The van der Waals surface area contributed by atoms with Crippen LogP contribution in [0.4, 0.5) is 0 Å². The number of ether oxygens (including phenoxy) is 2. The Morgan fingerprint density at radius 1 is 1.29 bits per heavy atom. The first-order valence-corrected chi connectivity index (χ1v) is 9.66. The van der Waals surface area contributed by atoms with Crippen molar-refractivity contribution in [2.45, 2.75) is 38.5 Å². The molecular weight excluding hydrogens is 354 g/mol. The summed E-state index contributed by atoms with van der Waals surface area (Å²) in [6.07, 6.45) is 1.37. The minimum Gasteiger partial charge on any atom is -0.497 e. The van der Waals surface area contributed by atoms with E-state index in [4.69, 9.17) is 14.5 Å². The highest BCUT2D eigenvalue weighted by Crippen LogP contribution is 2.24. The molecule has 0 spiro atoms. The second-order valence-corrected chi connectivity index (χ2v) is 7.12. The van der Waals surface area contributed by atoms with Crippen molar-refractivity contribution in [2.24, 2.45) is 0 Å². The zero-order valence-corrected chi connectivity index (χ0v) is 16.2. The molecule has 1 amide bonds. The summed E-state index contributed by atoms with van der Waals surface area (Å²) in [6.45, 7) is 3.29. The van der Waals surface area contributed by atoms with Crippen molar-refractivity contribution in [1.82, 2.24) is 14.9 Å². The summed E-state index contributed by atoms with van der Waals surface area (Å²) in [4.78, 5) is 17.3. The molecule has 146 valence electrons. The van der Waals surface area contributed by atoms with E-state index in [1.807, 2.05) is 49.4 Å². The number of nitrogens with zero attached hydrogens (tertiary/aromatic N) is 2. The fourth-order valence-electron chi connectivity index (χ4n) is 3.66. The van der Waals surface area contributed by atoms with Crippen molar-refractivity contribution < 1.29 is 14.3 Å². The summed E-state index contributed by atoms with van der Waals surface area (Å²) in [6, 6.07) is 15.8. The smallest absolute Gasteiger partial charge is 0.249 e. The molecule has 1 aliphatic heterocycles. The summed E-state index contributed by atoms with van der Waals surface area (Å²) in [7, 11) is 1.66. The van der Waals surface area contributed by atoms with Gasteiger partial charge in [0.25, 0.3) is 0 Å². The molecule has 1 aromatic heterocycles. The van der Waals surface area contributed by atoms with Gasteiger partial charge in [0.15, 0.2) is 0 Å². The number of nitrogens with one attached hydrogen (secondary N) is 1. The number of imidazole rings is 1. The van der Waals surface area contributed by atoms with E-state index in [0.717, 1.165) is 41.0 Å². The third kappa shape index (κ3) is 3.73. The fraction of sp³-hybridized carbons (Fsp3) is 0.364. The molecule has 0 aliphatic carbocycles. The quantitative estimate of drug-likeness (QED) is 0.712. The molecule has 6 nitrogen and oxygen atoms in total. The Morgan fingerprint density at radius 2 is 2.07 bits per heavy atom. The van der Waals surface area contributed by atoms with Crippen molar-refractivity contribution in [1.29, 1.82) is 0 Å². The van der Waals surface area contributed by atoms with Crippen molar-refractivity contribution in [3.63, 3.8) is 0 Å². The summed E-state index contributed by atoms with van der Waals surface area (Å²) < 4.78 is 12.9. The maximum Gasteiger partial charge on any atom is 0.249 e. The molecule has 1 aliphatic rings. The monoisotopic (exact) mass is 379 g/mol. The van der Waals surface area contributed by atoms with Crippen molar-refractivity contribution in [3.8, 4) is 5.75 Å². The van der Waals surface area contributed by atoms with Crippen LogP contribution in [0.1, 0.15) is 37.2 Å². The molecule has 4 rings (SSSR count). The Morgan fingerprint density at radius 3 is 2.79 bits per heavy atom. The second-order valence-electron chi connectivity index (χ2n) is 7.12. The lowest BCUT2D eigenvalue weighted by molar-refractivity contribution is -0.130. The van der Waals surface area contributed by atoms with Crippen LogP contribution in [0.25, 0.3) is 11.0 Å². The summed E-state index contributed by atoms with van der Waals surface area (Å²) in [5.41, 5.74) is 3.11. The van der Waals surface area contributed by atoms with E-state index in [1.165, 1.54) is 0 Å². The van der Waals surface area contributed by atoms with E-state index in [1.54, 1.807) is 7.11 Å². The zero-order valence-electron chi connectivity index (χ0n) is 16.2. The van der Waals surface area contributed by atoms with E-state index in [0.29, 0.717) is 13.2 Å². The predicted octanol–water partition coefficient (Wildman–Crippen LogP) is 3.45. The SMILES string of the molecule is COc1ccc(Cn2c(C(C)NC(=O)C3CCCO3)nc3ccccc32)cc1. The van der Waals surface area contributed by atoms with E-state index in [-0.39, 0.29) is 18.1 Å². The maximum absolute atomic E-state index is 12.5. The van der Waals surface area contributed by atoms with Gasteiger partial charge in [0.2, 0.25) is 5.91 Å². The zero-order chi connectivity index (χ0) is 19.5. The number of para-hydroxylation sites is 2. The maximum atomic E-state index is 12.5. The molecule has 1 N–H and O–H groups in total. The number of rotatable bonds is 6. The van der Waals surface area contributed by atoms with Gasteiger partial charge in [-0.2, -0.15) is 0 Å². The molecule has 3 aromatic rings. The van der Waals surface area contributed by atoms with E-state index in [2.05, 4.69) is 16.0 Å². The largest absolute Gasteiger partial charge is 0.497 e. The van der Waals surface area contributed by atoms with Crippen LogP contribution in [0, 0.1) is 0 Å². The van der Waals surface area contributed by atoms with Crippen molar-refractivity contribution >= 4 is 16.9 Å². The van der Waals surface area contributed by atoms with Gasteiger partial charge in [0.05, 0.1) is 24.2 Å². The third-order valence-corrected chi connectivity index (χ3v) is 5.15. The highest BCUT2D eigenvalue weighted by Gasteiger charge is 2.26. The summed E-state index contributed by atoms with van der Waals surface area (Å²) in [5.74, 6) is 1.60. The number of hydrogen-bond donors (Lipinski definition) is 1. The van der Waals surface area contributed by atoms with Crippen LogP contribution in [0.15, 0.2) is 48.5 Å². The van der Waals surface area contributed by atoms with E-state index >= 15 is 0 Å². The van der Waals surface area contributed by atoms with Crippen molar-refractivity contribution in [2.75, 3.05) is 13.7 Å². The first-order valence-electron chi connectivity index (χ1n) is 9.66. The van der Waals surface area contributed by atoms with Crippen LogP contribution >= 0.6 is 0 Å². The highest BCUT2D eigenvalue weighted by atomic mass is 16.5. The average molecular weight is 379 g/mol. The molecule has 1 fully saturated rings. The molecule has 2 heterocycles. The normalized spacial score (nSPS) is 17.6. The molecule has 28 heavy (non-hydrogen) atoms. The number of hydrogen-bond acceptors (Lipinski definition) is 4. The van der Waals surface area contributed by atoms with Gasteiger partial charge in [-0.3, -0.25) is 4.79 Å². The van der Waals surface area contributed by atoms with Crippen molar-refractivity contribution in [3.05, 3.63) is 59.9 Å². The number of carbonyl (C=O) groups is 1. The Hall–Kier alpha value is -2.86. The first-order chi connectivity index (χ1) is 13.7. The molecule has 0 bridgehead atoms. The first kappa shape index (κ1) is 18.5. The molecule has 1 saturated heterocycles. The number of carbonyl (C=O) groups excluding carboxylic acids is 1. The second kappa shape index (κ2) is 8.02. The molecule has 6 heteroatoms. The lowest BCUT2D eigenvalue weighted by Crippen LogP contribution is -2.36. The number of benzene rings is 2. The Labute approximate surface area is 164 Å². The number of fused-ring (bicyclic) bond motifs is 1. The molecule has 2 unspecified atom stereocenters. The Balaban J connectivity index is 1.63. The minimum absolute atomic E-state index is 0.0620. The fourth-order valence-corrected chi connectivity index (χ4v) is 3.66. The van der Waals surface area contributed by atoms with Gasteiger partial charge < -0.3 is 19.4 Å². The van der Waals surface area contributed by atoms with Crippen LogP contribution in [-0.2, 0) is 16.1 Å². The van der Waals surface area contributed by atoms with Crippen LogP contribution in [0.2, 0.25) is 0 Å². The van der Waals surface area contributed by atoms with Gasteiger partial charge in [-0.1, -0.05) is 24.3 Å². The van der Waals surface area contributed by atoms with Gasteiger partial charge in [0, 0.05) is 13.2 Å². The topological polar surface area (TPSA) is 65.4 Å². The number of methoxy groups -OCH3 is 1. The van der Waals surface area contributed by atoms with Gasteiger partial charge in [-0.25, -0.2) is 4.98 Å². The van der Waals surface area contributed by atoms with Gasteiger partial charge in [-0.15, -0.1) is 0 Å². The van der Waals surface area contributed by atoms with Crippen LogP contribution in [0.5, 0.6) is 5.75 Å². The van der Waals surface area contributed by atoms with E-state index < -0.39 is 0 Å². The standard InChI is InChI=1S/C22H25N3O3/c1-15(23-22(26)20-8-5-13-28-20)21-24-18-6-3-4-7-19(18)25(21)14-16-9-11-17(27-2)12-10-16/h3-4,6-7,9-12,15,20H,5,8,13-14H2,1-2H3,(H,23,26). The highest BCUT2D eigenvalue weighted by molar-refractivity contribution is 5.81. The average Bonchev–Trinajstić information content (AvgIpc) is 3.37. The molecule has 0 saturated carbocycles. The molecule has 2 atom stereocenters. The summed E-state index contributed by atoms with van der Waals surface area (Å²) >= 11 is 0. The minimum atomic E-state index is -0.345. The van der Waals surface area contributed by atoms with Crippen LogP contribution < -0.4 is 10.1 Å². The number of amides is 1. The lowest BCUT2D eigenvalue weighted by Gasteiger charge is -2.18. The summed E-state index contributed by atoms with van der Waals surface area (Å²) in [5, 5.41) is 3.08. The third-order valence-electron chi connectivity index (χ3n) is 5.15. The number of aromatic nitrogens is 2. The van der Waals surface area contributed by atoms with Crippen LogP contribution in [-0.4, -0.2) is 35.3 Å². The lowest BCUT2D eigenvalue weighted by atomic mass is 10.2. The van der Waals surface area contributed by atoms with E-state index in [9.17, 15) is 4.79 Å². The van der Waals surface area contributed by atoms with Gasteiger partial charge in [0.1, 0.15) is 17.7 Å². The Kier molecular flexibility index (Phi) is 5.30. The molecular formula is C22H25N3O3. The van der Waals surface area contributed by atoms with Gasteiger partial charge >= 0.3 is 0 Å². The predicted molar refractivity (Wildman–Crippen MR) is 107 cm³/mol. The molecule has 0 radical (unpaired) electrons. The van der Waals surface area contributed by atoms with Gasteiger partial charge in [-0.05, 0) is 49.6 Å². The molecule has 2 aromatic carbocycles. The van der Waals surface area contributed by atoms with Crippen LogP contribution in [0.3, 0.4) is 0 Å².